The second-order valence-corrected chi connectivity index (χ2v) is 12.6. The number of esters is 1. The predicted molar refractivity (Wildman–Crippen MR) is 147 cm³/mol. The van der Waals surface area contributed by atoms with Crippen LogP contribution in [0.5, 0.6) is 5.75 Å². The fourth-order valence-electron chi connectivity index (χ4n) is 3.87. The van der Waals surface area contributed by atoms with E-state index in [2.05, 4.69) is 51.6 Å². The molecule has 2 aromatic heterocycles. The average molecular weight is 545 g/mol. The number of ether oxygens (including phenoxy) is 1. The highest BCUT2D eigenvalue weighted by Crippen LogP contribution is 2.41. The molecule has 0 aliphatic carbocycles. The number of thiazole rings is 1. The van der Waals surface area contributed by atoms with E-state index in [-0.39, 0.29) is 22.4 Å². The topological polar surface area (TPSA) is 73.6 Å². The molecule has 0 N–H and O–H groups in total. The lowest BCUT2D eigenvalue weighted by molar-refractivity contribution is -0.132. The molecule has 0 aliphatic heterocycles. The lowest BCUT2D eigenvalue weighted by Crippen LogP contribution is -2.24. The first-order valence-corrected chi connectivity index (χ1v) is 13.0. The van der Waals surface area contributed by atoms with Crippen molar-refractivity contribution in [2.75, 3.05) is 0 Å². The molecule has 2 heterocycles. The number of carbonyl (C=O) groups is 1. The maximum Gasteiger partial charge on any atom is 0.308 e. The van der Waals surface area contributed by atoms with Crippen LogP contribution >= 0.6 is 34.5 Å². The number of hydrogen-bond acceptors (Lipinski definition) is 6. The van der Waals surface area contributed by atoms with Crippen molar-refractivity contribution in [1.82, 2.24) is 14.6 Å². The second-order valence-electron chi connectivity index (χ2n) is 10.7. The number of carbonyl (C=O) groups excluding carboxylic acids is 1. The largest absolute Gasteiger partial charge is 0.426 e. The standard InChI is InChI=1S/C27H27Cl2N3O3S/c1-14(33)35-22-18(26(2,3)4)10-15(11-19(22)27(5,6)7)12-21-24(34)32-25(36-21)30-23(31-32)17-9-8-16(28)13-20(17)29/h8-13H,1-7H3. The monoisotopic (exact) mass is 543 g/mol. The molecule has 0 fully saturated rings. The van der Waals surface area contributed by atoms with E-state index in [1.807, 2.05) is 18.2 Å². The quantitative estimate of drug-likeness (QED) is 0.227. The van der Waals surface area contributed by atoms with Crippen molar-refractivity contribution in [2.24, 2.45) is 0 Å². The number of fused-ring (bicyclic) bond motifs is 1. The number of aromatic nitrogens is 3. The Morgan fingerprint density at radius 2 is 1.64 bits per heavy atom. The zero-order valence-corrected chi connectivity index (χ0v) is 23.5. The van der Waals surface area contributed by atoms with Crippen LogP contribution in [0.3, 0.4) is 0 Å². The molecule has 36 heavy (non-hydrogen) atoms. The summed E-state index contributed by atoms with van der Waals surface area (Å²) in [6.07, 6.45) is 1.83. The fraction of sp³-hybridized carbons (Fsp3) is 0.333. The molecule has 0 spiro atoms. The Labute approximate surface area is 223 Å². The maximum atomic E-state index is 13.2. The number of halogens is 2. The molecule has 4 aromatic rings. The molecule has 0 radical (unpaired) electrons. The van der Waals surface area contributed by atoms with Crippen LogP contribution in [0.15, 0.2) is 35.1 Å². The third kappa shape index (κ3) is 5.19. The Morgan fingerprint density at radius 3 is 2.14 bits per heavy atom. The van der Waals surface area contributed by atoms with Gasteiger partial charge >= 0.3 is 5.97 Å². The van der Waals surface area contributed by atoms with Gasteiger partial charge in [-0.1, -0.05) is 76.1 Å². The Kier molecular flexibility index (Phi) is 6.79. The molecular weight excluding hydrogens is 517 g/mol. The zero-order chi connectivity index (χ0) is 26.6. The van der Waals surface area contributed by atoms with Gasteiger partial charge < -0.3 is 4.74 Å². The molecule has 4 rings (SSSR count). The molecule has 6 nitrogen and oxygen atoms in total. The molecule has 188 valence electrons. The van der Waals surface area contributed by atoms with Crippen LogP contribution in [-0.2, 0) is 15.6 Å². The van der Waals surface area contributed by atoms with Crippen LogP contribution in [0.25, 0.3) is 22.4 Å². The predicted octanol–water partition coefficient (Wildman–Crippen LogP) is 6.19. The highest BCUT2D eigenvalue weighted by molar-refractivity contribution is 7.15. The van der Waals surface area contributed by atoms with Gasteiger partial charge in [0.15, 0.2) is 5.82 Å². The lowest BCUT2D eigenvalue weighted by atomic mass is 9.78. The van der Waals surface area contributed by atoms with E-state index in [0.717, 1.165) is 16.7 Å². The highest BCUT2D eigenvalue weighted by Gasteiger charge is 2.28. The number of hydrogen-bond donors (Lipinski definition) is 0. The Hall–Kier alpha value is -2.74. The van der Waals surface area contributed by atoms with Crippen LogP contribution in [0.1, 0.15) is 65.2 Å². The van der Waals surface area contributed by atoms with E-state index in [0.29, 0.717) is 36.7 Å². The molecule has 0 saturated carbocycles. The van der Waals surface area contributed by atoms with Crippen LogP contribution < -0.4 is 14.8 Å². The molecule has 0 bridgehead atoms. The summed E-state index contributed by atoms with van der Waals surface area (Å²) in [7, 11) is 0. The molecule has 0 aliphatic rings. The van der Waals surface area contributed by atoms with Crippen molar-refractivity contribution in [2.45, 2.75) is 59.3 Å². The minimum atomic E-state index is -0.369. The fourth-order valence-corrected chi connectivity index (χ4v) is 5.27. The molecule has 9 heteroatoms. The Morgan fingerprint density at radius 1 is 1.03 bits per heavy atom. The molecule has 0 atom stereocenters. The van der Waals surface area contributed by atoms with E-state index < -0.39 is 0 Å². The van der Waals surface area contributed by atoms with Crippen LogP contribution in [-0.4, -0.2) is 20.6 Å². The van der Waals surface area contributed by atoms with E-state index in [1.54, 1.807) is 18.2 Å². The van der Waals surface area contributed by atoms with Gasteiger partial charge in [-0.2, -0.15) is 9.50 Å². The van der Waals surface area contributed by atoms with Crippen LogP contribution in [0, 0.1) is 0 Å². The molecule has 2 aromatic carbocycles. The first kappa shape index (κ1) is 26.3. The zero-order valence-electron chi connectivity index (χ0n) is 21.2. The summed E-state index contributed by atoms with van der Waals surface area (Å²) in [6, 6.07) is 9.00. The summed E-state index contributed by atoms with van der Waals surface area (Å²) in [4.78, 5) is 30.1. The summed E-state index contributed by atoms with van der Waals surface area (Å²) in [6.45, 7) is 13.8. The van der Waals surface area contributed by atoms with Gasteiger partial charge in [-0.3, -0.25) is 9.59 Å². The maximum absolute atomic E-state index is 13.2. The minimum absolute atomic E-state index is 0.266. The van der Waals surface area contributed by atoms with Gasteiger partial charge in [-0.15, -0.1) is 5.10 Å². The molecular formula is C27H27Cl2N3O3S. The minimum Gasteiger partial charge on any atom is -0.426 e. The van der Waals surface area contributed by atoms with Gasteiger partial charge in [-0.25, -0.2) is 0 Å². The van der Waals surface area contributed by atoms with Crippen molar-refractivity contribution >= 4 is 51.5 Å². The van der Waals surface area contributed by atoms with Gasteiger partial charge in [-0.05, 0) is 52.8 Å². The SMILES string of the molecule is CC(=O)Oc1c(C(C)(C)C)cc(C=c2sc3nc(-c4ccc(Cl)cc4Cl)nn3c2=O)cc1C(C)(C)C. The first-order valence-electron chi connectivity index (χ1n) is 11.4. The summed E-state index contributed by atoms with van der Waals surface area (Å²) in [5.74, 6) is 0.572. The second kappa shape index (κ2) is 9.29. The Bertz CT molecular complexity index is 1570. The van der Waals surface area contributed by atoms with Gasteiger partial charge in [0.1, 0.15) is 5.75 Å². The van der Waals surface area contributed by atoms with Crippen molar-refractivity contribution in [3.63, 3.8) is 0 Å². The smallest absolute Gasteiger partial charge is 0.308 e. The van der Waals surface area contributed by atoms with Gasteiger partial charge in [0, 0.05) is 28.6 Å². The summed E-state index contributed by atoms with van der Waals surface area (Å²) >= 11 is 13.5. The third-order valence-electron chi connectivity index (χ3n) is 5.62. The van der Waals surface area contributed by atoms with E-state index in [9.17, 15) is 9.59 Å². The molecule has 0 unspecified atom stereocenters. The van der Waals surface area contributed by atoms with Crippen molar-refractivity contribution in [3.8, 4) is 17.1 Å². The third-order valence-corrected chi connectivity index (χ3v) is 7.13. The number of nitrogens with zero attached hydrogens (tertiary/aromatic N) is 3. The van der Waals surface area contributed by atoms with Crippen LogP contribution in [0.4, 0.5) is 0 Å². The van der Waals surface area contributed by atoms with Crippen molar-refractivity contribution in [1.29, 1.82) is 0 Å². The molecule has 0 amide bonds. The van der Waals surface area contributed by atoms with Gasteiger partial charge in [0.25, 0.3) is 5.56 Å². The molecule has 0 saturated heterocycles. The normalized spacial score (nSPS) is 13.0. The summed E-state index contributed by atoms with van der Waals surface area (Å²) in [5, 5.41) is 5.32. The average Bonchev–Trinajstić information content (AvgIpc) is 3.26. The van der Waals surface area contributed by atoms with E-state index in [4.69, 9.17) is 27.9 Å². The van der Waals surface area contributed by atoms with Crippen molar-refractivity contribution in [3.05, 3.63) is 72.0 Å². The first-order chi connectivity index (χ1) is 16.6. The summed E-state index contributed by atoms with van der Waals surface area (Å²) in [5.41, 5.74) is 2.36. The highest BCUT2D eigenvalue weighted by atomic mass is 35.5. The summed E-state index contributed by atoms with van der Waals surface area (Å²) < 4.78 is 7.50. The Balaban J connectivity index is 1.89. The van der Waals surface area contributed by atoms with Crippen LogP contribution in [0.2, 0.25) is 10.0 Å². The lowest BCUT2D eigenvalue weighted by Gasteiger charge is -2.29. The number of benzene rings is 2. The van der Waals surface area contributed by atoms with Crippen molar-refractivity contribution < 1.29 is 9.53 Å². The van der Waals surface area contributed by atoms with E-state index >= 15 is 0 Å². The van der Waals surface area contributed by atoms with Gasteiger partial charge in [0.2, 0.25) is 4.96 Å². The number of rotatable bonds is 3. The van der Waals surface area contributed by atoms with E-state index in [1.165, 1.54) is 22.8 Å². The van der Waals surface area contributed by atoms with Gasteiger partial charge in [0.05, 0.1) is 9.55 Å².